The first-order valence-corrected chi connectivity index (χ1v) is 8.42. The minimum absolute atomic E-state index is 0.0577. The number of halogens is 2. The molecule has 0 bridgehead atoms. The van der Waals surface area contributed by atoms with Crippen molar-refractivity contribution >= 4 is 11.6 Å². The van der Waals surface area contributed by atoms with Crippen LogP contribution in [-0.4, -0.2) is 5.91 Å². The Morgan fingerprint density at radius 3 is 2.44 bits per heavy atom. The van der Waals surface area contributed by atoms with Gasteiger partial charge in [-0.3, -0.25) is 4.79 Å². The maximum absolute atomic E-state index is 14.5. The van der Waals surface area contributed by atoms with Gasteiger partial charge in [-0.1, -0.05) is 30.3 Å². The van der Waals surface area contributed by atoms with E-state index in [4.69, 9.17) is 4.74 Å². The maximum atomic E-state index is 14.5. The minimum Gasteiger partial charge on any atom is -0.451 e. The van der Waals surface area contributed by atoms with Gasteiger partial charge in [0.15, 0.2) is 23.1 Å². The van der Waals surface area contributed by atoms with Gasteiger partial charge in [0.1, 0.15) is 6.17 Å². The van der Waals surface area contributed by atoms with Crippen LogP contribution in [0.5, 0.6) is 11.5 Å². The molecule has 136 valence electrons. The van der Waals surface area contributed by atoms with Crippen LogP contribution in [-0.2, 0) is 0 Å². The lowest BCUT2D eigenvalue weighted by Gasteiger charge is -2.29. The second-order valence-corrected chi connectivity index (χ2v) is 6.27. The third kappa shape index (κ3) is 3.21. The summed E-state index contributed by atoms with van der Waals surface area (Å²) in [5, 5.41) is 6.01. The summed E-state index contributed by atoms with van der Waals surface area (Å²) < 4.78 is 33.5. The van der Waals surface area contributed by atoms with E-state index in [-0.39, 0.29) is 17.4 Å². The zero-order chi connectivity index (χ0) is 19.0. The van der Waals surface area contributed by atoms with Gasteiger partial charge in [0.05, 0.1) is 5.56 Å². The molecule has 4 rings (SSSR count). The van der Waals surface area contributed by atoms with Gasteiger partial charge in [0.25, 0.3) is 5.91 Å². The molecule has 1 aliphatic rings. The average Bonchev–Trinajstić information content (AvgIpc) is 2.65. The standard InChI is InChI=1S/C21H16F2N2O2/c1-12-5-4-7-16-19(12)21(26)25-20(24-16)13-9-10-18(15(23)11-13)27-17-8-3-2-6-14(17)22/h2-11,20,24H,1H3,(H,25,26)/t20-/m1/s1. The normalized spacial score (nSPS) is 15.5. The van der Waals surface area contributed by atoms with E-state index in [0.717, 1.165) is 5.56 Å². The number of rotatable bonds is 3. The van der Waals surface area contributed by atoms with E-state index in [1.807, 2.05) is 19.1 Å². The van der Waals surface area contributed by atoms with Crippen LogP contribution in [0.15, 0.2) is 60.7 Å². The Labute approximate surface area is 154 Å². The van der Waals surface area contributed by atoms with Crippen LogP contribution in [0.4, 0.5) is 14.5 Å². The van der Waals surface area contributed by atoms with E-state index >= 15 is 0 Å². The first kappa shape index (κ1) is 17.0. The number of nitrogens with one attached hydrogen (secondary N) is 2. The van der Waals surface area contributed by atoms with Crippen molar-refractivity contribution in [2.24, 2.45) is 0 Å². The van der Waals surface area contributed by atoms with Crippen LogP contribution in [0.2, 0.25) is 0 Å². The lowest BCUT2D eigenvalue weighted by molar-refractivity contribution is 0.0935. The molecule has 4 nitrogen and oxygen atoms in total. The van der Waals surface area contributed by atoms with Crippen molar-refractivity contribution in [3.05, 3.63) is 89.0 Å². The van der Waals surface area contributed by atoms with Crippen LogP contribution < -0.4 is 15.4 Å². The highest BCUT2D eigenvalue weighted by Crippen LogP contribution is 2.32. The van der Waals surface area contributed by atoms with E-state index in [2.05, 4.69) is 10.6 Å². The summed E-state index contributed by atoms with van der Waals surface area (Å²) >= 11 is 0. The molecular weight excluding hydrogens is 350 g/mol. The molecule has 1 amide bonds. The molecule has 0 fully saturated rings. The number of amides is 1. The van der Waals surface area contributed by atoms with Gasteiger partial charge in [-0.15, -0.1) is 0 Å². The van der Waals surface area contributed by atoms with Crippen LogP contribution >= 0.6 is 0 Å². The highest BCUT2D eigenvalue weighted by molar-refractivity contribution is 6.03. The fraction of sp³-hybridized carbons (Fsp3) is 0.0952. The van der Waals surface area contributed by atoms with E-state index in [1.165, 1.54) is 30.3 Å². The second-order valence-electron chi connectivity index (χ2n) is 6.27. The lowest BCUT2D eigenvalue weighted by atomic mass is 10.0. The molecule has 0 saturated carbocycles. The van der Waals surface area contributed by atoms with Gasteiger partial charge in [0.2, 0.25) is 0 Å². The lowest BCUT2D eigenvalue weighted by Crippen LogP contribution is -2.39. The number of anilines is 1. The molecule has 0 radical (unpaired) electrons. The van der Waals surface area contributed by atoms with Crippen molar-refractivity contribution in [1.82, 2.24) is 5.32 Å². The van der Waals surface area contributed by atoms with E-state index in [1.54, 1.807) is 18.2 Å². The Bertz CT molecular complexity index is 1040. The fourth-order valence-corrected chi connectivity index (χ4v) is 3.08. The number of carbonyl (C=O) groups is 1. The predicted molar refractivity (Wildman–Crippen MR) is 97.9 cm³/mol. The third-order valence-corrected chi connectivity index (χ3v) is 4.42. The number of hydrogen-bond donors (Lipinski definition) is 2. The van der Waals surface area contributed by atoms with E-state index in [9.17, 15) is 13.6 Å². The van der Waals surface area contributed by atoms with Crippen LogP contribution in [0.1, 0.15) is 27.7 Å². The van der Waals surface area contributed by atoms with Gasteiger partial charge in [-0.25, -0.2) is 8.78 Å². The van der Waals surface area contributed by atoms with E-state index in [0.29, 0.717) is 16.8 Å². The monoisotopic (exact) mass is 366 g/mol. The molecule has 1 heterocycles. The number of para-hydroxylation sites is 1. The molecule has 6 heteroatoms. The maximum Gasteiger partial charge on any atom is 0.255 e. The highest BCUT2D eigenvalue weighted by Gasteiger charge is 2.26. The first-order valence-electron chi connectivity index (χ1n) is 8.42. The molecule has 0 aromatic heterocycles. The summed E-state index contributed by atoms with van der Waals surface area (Å²) in [7, 11) is 0. The number of benzene rings is 3. The molecular formula is C21H16F2N2O2. The molecule has 27 heavy (non-hydrogen) atoms. The number of ether oxygens (including phenoxy) is 1. The largest absolute Gasteiger partial charge is 0.451 e. The van der Waals surface area contributed by atoms with Crippen molar-refractivity contribution in [1.29, 1.82) is 0 Å². The average molecular weight is 366 g/mol. The first-order chi connectivity index (χ1) is 13.0. The zero-order valence-electron chi connectivity index (χ0n) is 14.4. The number of aryl methyl sites for hydroxylation is 1. The van der Waals surface area contributed by atoms with Crippen LogP contribution in [0, 0.1) is 18.6 Å². The molecule has 3 aromatic carbocycles. The van der Waals surface area contributed by atoms with Gasteiger partial charge in [-0.2, -0.15) is 0 Å². The van der Waals surface area contributed by atoms with E-state index < -0.39 is 17.8 Å². The smallest absolute Gasteiger partial charge is 0.255 e. The second kappa shape index (κ2) is 6.72. The summed E-state index contributed by atoms with van der Waals surface area (Å²) in [5.41, 5.74) is 2.65. The Hall–Kier alpha value is -3.41. The number of fused-ring (bicyclic) bond motifs is 1. The Morgan fingerprint density at radius 1 is 0.889 bits per heavy atom. The molecule has 0 unspecified atom stereocenters. The summed E-state index contributed by atoms with van der Waals surface area (Å²) in [5.74, 6) is -1.60. The number of carbonyl (C=O) groups excluding carboxylic acids is 1. The fourth-order valence-electron chi connectivity index (χ4n) is 3.08. The minimum atomic E-state index is -0.651. The Balaban J connectivity index is 1.60. The summed E-state index contributed by atoms with van der Waals surface area (Å²) in [4.78, 5) is 12.4. The molecule has 0 aliphatic carbocycles. The molecule has 1 aliphatic heterocycles. The van der Waals surface area contributed by atoms with Crippen molar-refractivity contribution in [2.75, 3.05) is 5.32 Å². The summed E-state index contributed by atoms with van der Waals surface area (Å²) in [6, 6.07) is 15.6. The summed E-state index contributed by atoms with van der Waals surface area (Å²) in [6.07, 6.45) is -0.580. The van der Waals surface area contributed by atoms with Crippen molar-refractivity contribution in [2.45, 2.75) is 13.1 Å². The van der Waals surface area contributed by atoms with Crippen molar-refractivity contribution in [3.8, 4) is 11.5 Å². The highest BCUT2D eigenvalue weighted by atomic mass is 19.1. The van der Waals surface area contributed by atoms with Gasteiger partial charge in [-0.05, 0) is 48.4 Å². The Morgan fingerprint density at radius 2 is 1.67 bits per heavy atom. The van der Waals surface area contributed by atoms with Crippen LogP contribution in [0.25, 0.3) is 0 Å². The quantitative estimate of drug-likeness (QED) is 0.692. The predicted octanol–water partition coefficient (Wildman–Crippen LogP) is 4.92. The summed E-state index contributed by atoms with van der Waals surface area (Å²) in [6.45, 7) is 1.86. The molecule has 0 spiro atoms. The molecule has 1 atom stereocenters. The van der Waals surface area contributed by atoms with Crippen molar-refractivity contribution in [3.63, 3.8) is 0 Å². The molecule has 0 saturated heterocycles. The zero-order valence-corrected chi connectivity index (χ0v) is 14.4. The molecule has 2 N–H and O–H groups in total. The SMILES string of the molecule is Cc1cccc2c1C(=O)N[C@H](c1ccc(Oc3ccccc3F)c(F)c1)N2. The Kier molecular flexibility index (Phi) is 4.24. The van der Waals surface area contributed by atoms with Gasteiger partial charge in [0, 0.05) is 5.69 Å². The van der Waals surface area contributed by atoms with Crippen LogP contribution in [0.3, 0.4) is 0 Å². The third-order valence-electron chi connectivity index (χ3n) is 4.42. The number of hydrogen-bond acceptors (Lipinski definition) is 3. The van der Waals surface area contributed by atoms with Gasteiger partial charge < -0.3 is 15.4 Å². The van der Waals surface area contributed by atoms with Gasteiger partial charge >= 0.3 is 0 Å². The molecule has 3 aromatic rings. The topological polar surface area (TPSA) is 50.4 Å². The van der Waals surface area contributed by atoms with Crippen molar-refractivity contribution < 1.29 is 18.3 Å².